The van der Waals surface area contributed by atoms with E-state index in [1.165, 1.54) is 0 Å². The summed E-state index contributed by atoms with van der Waals surface area (Å²) >= 11 is 0. The molecular weight excluding hydrogens is 202 g/mol. The lowest BCUT2D eigenvalue weighted by molar-refractivity contribution is 0.0493. The van der Waals surface area contributed by atoms with E-state index in [4.69, 9.17) is 10.5 Å². The molecule has 1 aromatic rings. The number of hydrogen-bond acceptors (Lipinski definition) is 4. The van der Waals surface area contributed by atoms with Gasteiger partial charge >= 0.3 is 0 Å². The maximum absolute atomic E-state index is 5.62. The van der Waals surface area contributed by atoms with Gasteiger partial charge in [0.15, 0.2) is 5.82 Å². The van der Waals surface area contributed by atoms with Gasteiger partial charge in [-0.15, -0.1) is 0 Å². The van der Waals surface area contributed by atoms with Crippen LogP contribution in [0.15, 0.2) is 12.4 Å². The van der Waals surface area contributed by atoms with E-state index < -0.39 is 0 Å². The molecule has 0 saturated heterocycles. The molecule has 0 radical (unpaired) electrons. The third-order valence-corrected chi connectivity index (χ3v) is 2.36. The highest BCUT2D eigenvalue weighted by Gasteiger charge is 2.13. The zero-order chi connectivity index (χ0) is 11.8. The highest BCUT2D eigenvalue weighted by Crippen LogP contribution is 2.18. The van der Waals surface area contributed by atoms with Crippen molar-refractivity contribution >= 4 is 0 Å². The molecule has 4 nitrogen and oxygen atoms in total. The molecule has 0 spiro atoms. The Bertz CT molecular complexity index is 281. The Morgan fingerprint density at radius 3 is 2.50 bits per heavy atom. The summed E-state index contributed by atoms with van der Waals surface area (Å²) < 4.78 is 5.62. The van der Waals surface area contributed by atoms with Crippen molar-refractivity contribution in [2.45, 2.75) is 39.2 Å². The summed E-state index contributed by atoms with van der Waals surface area (Å²) in [5.74, 6) is 0.782. The molecule has 0 aliphatic heterocycles. The largest absolute Gasteiger partial charge is 0.371 e. The molecule has 2 N–H and O–H groups in total. The minimum atomic E-state index is 0.0296. The van der Waals surface area contributed by atoms with E-state index in [0.29, 0.717) is 13.2 Å². The van der Waals surface area contributed by atoms with Gasteiger partial charge in [-0.2, -0.15) is 0 Å². The first-order valence-corrected chi connectivity index (χ1v) is 5.94. The van der Waals surface area contributed by atoms with Gasteiger partial charge in [0, 0.05) is 19.0 Å². The third kappa shape index (κ3) is 3.87. The Hall–Kier alpha value is -1.00. The van der Waals surface area contributed by atoms with Crippen molar-refractivity contribution in [3.63, 3.8) is 0 Å². The topological polar surface area (TPSA) is 61.0 Å². The zero-order valence-electron chi connectivity index (χ0n) is 10.1. The van der Waals surface area contributed by atoms with Crippen molar-refractivity contribution < 1.29 is 4.74 Å². The van der Waals surface area contributed by atoms with Crippen LogP contribution in [0.5, 0.6) is 0 Å². The summed E-state index contributed by atoms with van der Waals surface area (Å²) in [5.41, 5.74) is 6.56. The van der Waals surface area contributed by atoms with Crippen molar-refractivity contribution in [3.8, 4) is 0 Å². The summed E-state index contributed by atoms with van der Waals surface area (Å²) in [5, 5.41) is 0. The monoisotopic (exact) mass is 223 g/mol. The van der Waals surface area contributed by atoms with E-state index in [1.54, 1.807) is 0 Å². The molecule has 0 amide bonds. The lowest BCUT2D eigenvalue weighted by atomic mass is 10.2. The van der Waals surface area contributed by atoms with Gasteiger partial charge in [0.25, 0.3) is 0 Å². The van der Waals surface area contributed by atoms with E-state index >= 15 is 0 Å². The van der Waals surface area contributed by atoms with Gasteiger partial charge in [-0.3, -0.25) is 0 Å². The molecule has 0 fully saturated rings. The summed E-state index contributed by atoms with van der Waals surface area (Å²) in [7, 11) is 0. The predicted molar refractivity (Wildman–Crippen MR) is 64.1 cm³/mol. The molecule has 1 heterocycles. The van der Waals surface area contributed by atoms with Gasteiger partial charge in [0.05, 0.1) is 0 Å². The van der Waals surface area contributed by atoms with Gasteiger partial charge < -0.3 is 10.5 Å². The fraction of sp³-hybridized carbons (Fsp3) is 0.667. The van der Waals surface area contributed by atoms with Gasteiger partial charge in [0.2, 0.25) is 0 Å². The van der Waals surface area contributed by atoms with Crippen molar-refractivity contribution in [1.29, 1.82) is 0 Å². The van der Waals surface area contributed by atoms with E-state index in [9.17, 15) is 0 Å². The second-order valence-electron chi connectivity index (χ2n) is 3.72. The molecule has 1 atom stereocenters. The van der Waals surface area contributed by atoms with Gasteiger partial charge in [-0.05, 0) is 31.9 Å². The smallest absolute Gasteiger partial charge is 0.157 e. The average molecular weight is 223 g/mol. The van der Waals surface area contributed by atoms with Crippen molar-refractivity contribution in [2.24, 2.45) is 5.73 Å². The summed E-state index contributed by atoms with van der Waals surface area (Å²) in [6.07, 6.45) is 6.57. The van der Waals surface area contributed by atoms with Crippen LogP contribution in [0.1, 0.15) is 44.2 Å². The highest BCUT2D eigenvalue weighted by atomic mass is 16.5. The number of ether oxygens (including phenoxy) is 1. The van der Waals surface area contributed by atoms with Crippen LogP contribution in [-0.2, 0) is 11.2 Å². The molecule has 16 heavy (non-hydrogen) atoms. The number of nitrogens with two attached hydrogens (primary N) is 1. The molecule has 0 aliphatic carbocycles. The van der Waals surface area contributed by atoms with Crippen molar-refractivity contribution in [2.75, 3.05) is 13.2 Å². The van der Waals surface area contributed by atoms with E-state index in [-0.39, 0.29) is 6.10 Å². The standard InChI is InChI=1S/C12H21N3O/c1-3-5-11(16-4-2)12-14-8-10(6-7-13)9-15-12/h8-9,11H,3-7,13H2,1-2H3. The lowest BCUT2D eigenvalue weighted by Crippen LogP contribution is -2.10. The fourth-order valence-electron chi connectivity index (χ4n) is 1.58. The van der Waals surface area contributed by atoms with Gasteiger partial charge in [-0.1, -0.05) is 13.3 Å². The first kappa shape index (κ1) is 13.1. The molecule has 4 heteroatoms. The molecule has 0 aliphatic rings. The lowest BCUT2D eigenvalue weighted by Gasteiger charge is -2.14. The first-order valence-electron chi connectivity index (χ1n) is 5.94. The molecule has 0 saturated carbocycles. The Labute approximate surface area is 97.2 Å². The second kappa shape index (κ2) is 7.30. The van der Waals surface area contributed by atoms with Crippen molar-refractivity contribution in [3.05, 3.63) is 23.8 Å². The quantitative estimate of drug-likeness (QED) is 0.766. The number of rotatable bonds is 7. The van der Waals surface area contributed by atoms with Crippen LogP contribution in [-0.4, -0.2) is 23.1 Å². The fourth-order valence-corrected chi connectivity index (χ4v) is 1.58. The SMILES string of the molecule is CCCC(OCC)c1ncc(CCN)cn1. The third-order valence-electron chi connectivity index (χ3n) is 2.36. The number of nitrogens with zero attached hydrogens (tertiary/aromatic N) is 2. The van der Waals surface area contributed by atoms with E-state index in [1.807, 2.05) is 19.3 Å². The maximum Gasteiger partial charge on any atom is 0.157 e. The maximum atomic E-state index is 5.62. The molecule has 90 valence electrons. The average Bonchev–Trinajstić information content (AvgIpc) is 2.30. The van der Waals surface area contributed by atoms with Crippen LogP contribution in [0.2, 0.25) is 0 Å². The molecule has 1 rings (SSSR count). The van der Waals surface area contributed by atoms with Crippen LogP contribution in [0.3, 0.4) is 0 Å². The summed E-state index contributed by atoms with van der Waals surface area (Å²) in [4.78, 5) is 8.69. The van der Waals surface area contributed by atoms with E-state index in [0.717, 1.165) is 30.7 Å². The zero-order valence-corrected chi connectivity index (χ0v) is 10.1. The van der Waals surface area contributed by atoms with E-state index in [2.05, 4.69) is 16.9 Å². The Morgan fingerprint density at radius 1 is 1.31 bits per heavy atom. The van der Waals surface area contributed by atoms with Gasteiger partial charge in [0.1, 0.15) is 6.10 Å². The Kier molecular flexibility index (Phi) is 5.96. The number of aromatic nitrogens is 2. The Balaban J connectivity index is 2.68. The Morgan fingerprint density at radius 2 is 2.00 bits per heavy atom. The molecule has 0 bridgehead atoms. The molecule has 1 aromatic heterocycles. The normalized spacial score (nSPS) is 12.7. The van der Waals surface area contributed by atoms with Crippen LogP contribution in [0.25, 0.3) is 0 Å². The van der Waals surface area contributed by atoms with Crippen molar-refractivity contribution in [1.82, 2.24) is 9.97 Å². The minimum absolute atomic E-state index is 0.0296. The summed E-state index contributed by atoms with van der Waals surface area (Å²) in [6, 6.07) is 0. The molecule has 0 aromatic carbocycles. The number of hydrogen-bond donors (Lipinski definition) is 1. The first-order chi connectivity index (χ1) is 7.81. The molecular formula is C12H21N3O. The highest BCUT2D eigenvalue weighted by molar-refractivity contribution is 5.06. The minimum Gasteiger partial charge on any atom is -0.371 e. The summed E-state index contributed by atoms with van der Waals surface area (Å²) in [6.45, 7) is 5.45. The molecule has 1 unspecified atom stereocenters. The van der Waals surface area contributed by atoms with Crippen LogP contribution >= 0.6 is 0 Å². The second-order valence-corrected chi connectivity index (χ2v) is 3.72. The van der Waals surface area contributed by atoms with Crippen LogP contribution in [0.4, 0.5) is 0 Å². The van der Waals surface area contributed by atoms with Crippen LogP contribution < -0.4 is 5.73 Å². The predicted octanol–water partition coefficient (Wildman–Crippen LogP) is 1.86. The van der Waals surface area contributed by atoms with Crippen LogP contribution in [0, 0.1) is 0 Å². The van der Waals surface area contributed by atoms with Gasteiger partial charge in [-0.25, -0.2) is 9.97 Å².